The van der Waals surface area contributed by atoms with E-state index < -0.39 is 0 Å². The minimum Gasteiger partial charge on any atom is -0.368 e. The average Bonchev–Trinajstić information content (AvgIpc) is 2.81. The number of hydrogen-bond donors (Lipinski definition) is 1. The Morgan fingerprint density at radius 2 is 1.90 bits per heavy atom. The van der Waals surface area contributed by atoms with Gasteiger partial charge in [0.25, 0.3) is 0 Å². The second-order valence-corrected chi connectivity index (χ2v) is 8.02. The van der Waals surface area contributed by atoms with Crippen molar-refractivity contribution >= 4 is 22.4 Å². The molecule has 0 unspecified atom stereocenters. The second-order valence-electron chi connectivity index (χ2n) is 8.02. The first-order valence-electron chi connectivity index (χ1n) is 10.9. The highest BCUT2D eigenvalue weighted by atomic mass is 15.3. The molecule has 1 aromatic carbocycles. The maximum Gasteiger partial charge on any atom is 0.156 e. The quantitative estimate of drug-likeness (QED) is 0.661. The second kappa shape index (κ2) is 9.27. The first kappa shape index (κ1) is 21.0. The Morgan fingerprint density at radius 1 is 1.10 bits per heavy atom. The lowest BCUT2D eigenvalue weighted by Gasteiger charge is -2.34. The van der Waals surface area contributed by atoms with Crippen LogP contribution in [0, 0.1) is 25.2 Å². The van der Waals surface area contributed by atoms with E-state index in [0.717, 1.165) is 84.9 Å². The molecule has 0 saturated carbocycles. The summed E-state index contributed by atoms with van der Waals surface area (Å²) in [5, 5.41) is 23.6. The maximum absolute atomic E-state index is 9.26. The number of nitrogens with one attached hydrogen (secondary N) is 1. The lowest BCUT2D eigenvalue weighted by molar-refractivity contribution is 0.270. The molecule has 0 aliphatic carbocycles. The molecule has 0 radical (unpaired) electrons. The summed E-state index contributed by atoms with van der Waals surface area (Å²) < 4.78 is 0. The molecule has 0 bridgehead atoms. The number of rotatable bonds is 6. The zero-order chi connectivity index (χ0) is 21.8. The highest BCUT2D eigenvalue weighted by Crippen LogP contribution is 2.26. The van der Waals surface area contributed by atoms with Gasteiger partial charge in [-0.1, -0.05) is 19.1 Å². The number of hydrogen-bond acceptors (Lipinski definition) is 7. The molecule has 1 fully saturated rings. The number of pyridine rings is 1. The lowest BCUT2D eigenvalue weighted by atomic mass is 10.0. The van der Waals surface area contributed by atoms with Crippen molar-refractivity contribution in [1.82, 2.24) is 20.1 Å². The summed E-state index contributed by atoms with van der Waals surface area (Å²) in [5.74, 6) is 1.78. The molecular formula is C24H29N7. The van der Waals surface area contributed by atoms with Gasteiger partial charge in [0.15, 0.2) is 5.82 Å². The molecule has 3 heterocycles. The number of piperazine rings is 1. The lowest BCUT2D eigenvalue weighted by Crippen LogP contribution is -2.46. The average molecular weight is 416 g/mol. The Hall–Kier alpha value is -3.24. The number of likely N-dealkylation sites (N-methyl/N-ethyl adjacent to an activating group) is 1. The number of anilines is 2. The minimum absolute atomic E-state index is 0.718. The predicted octanol–water partition coefficient (Wildman–Crippen LogP) is 3.31. The molecule has 1 saturated heterocycles. The fraction of sp³-hybridized carbons (Fsp3) is 0.417. The Labute approximate surface area is 183 Å². The van der Waals surface area contributed by atoms with Crippen LogP contribution in [0.2, 0.25) is 0 Å². The SMILES string of the molecule is CCN1CCN(c2cc3c(NCCc4cccc(C#N)c4C)nnc(C)c3cn2)CC1. The van der Waals surface area contributed by atoms with Crippen molar-refractivity contribution in [2.45, 2.75) is 27.2 Å². The Balaban J connectivity index is 1.54. The summed E-state index contributed by atoms with van der Waals surface area (Å²) in [6.07, 6.45) is 2.74. The van der Waals surface area contributed by atoms with Crippen LogP contribution in [-0.4, -0.2) is 59.3 Å². The maximum atomic E-state index is 9.26. The number of benzene rings is 1. The zero-order valence-corrected chi connectivity index (χ0v) is 18.5. The van der Waals surface area contributed by atoms with E-state index in [4.69, 9.17) is 4.98 Å². The fourth-order valence-electron chi connectivity index (χ4n) is 4.15. The van der Waals surface area contributed by atoms with Gasteiger partial charge in [-0.3, -0.25) is 0 Å². The molecular weight excluding hydrogens is 386 g/mol. The molecule has 1 N–H and O–H groups in total. The number of aromatic nitrogens is 3. The summed E-state index contributed by atoms with van der Waals surface area (Å²) in [7, 11) is 0. The van der Waals surface area contributed by atoms with Crippen LogP contribution in [-0.2, 0) is 6.42 Å². The van der Waals surface area contributed by atoms with Crippen LogP contribution in [0.3, 0.4) is 0 Å². The fourth-order valence-corrected chi connectivity index (χ4v) is 4.15. The third kappa shape index (κ3) is 4.44. The van der Waals surface area contributed by atoms with Crippen LogP contribution in [0.5, 0.6) is 0 Å². The molecule has 0 spiro atoms. The molecule has 7 nitrogen and oxygen atoms in total. The zero-order valence-electron chi connectivity index (χ0n) is 18.5. The van der Waals surface area contributed by atoms with Gasteiger partial charge in [-0.25, -0.2) is 4.98 Å². The van der Waals surface area contributed by atoms with Crippen molar-refractivity contribution in [3.63, 3.8) is 0 Å². The van der Waals surface area contributed by atoms with E-state index in [1.54, 1.807) is 0 Å². The summed E-state index contributed by atoms with van der Waals surface area (Å²) in [6.45, 7) is 12.1. The molecule has 1 aliphatic rings. The Morgan fingerprint density at radius 3 is 2.65 bits per heavy atom. The van der Waals surface area contributed by atoms with Crippen LogP contribution < -0.4 is 10.2 Å². The van der Waals surface area contributed by atoms with Crippen molar-refractivity contribution in [2.24, 2.45) is 0 Å². The molecule has 0 atom stereocenters. The Kier molecular flexibility index (Phi) is 6.28. The van der Waals surface area contributed by atoms with Gasteiger partial charge in [0.1, 0.15) is 5.82 Å². The number of nitriles is 1. The van der Waals surface area contributed by atoms with E-state index >= 15 is 0 Å². The molecule has 4 rings (SSSR count). The van der Waals surface area contributed by atoms with E-state index in [1.165, 1.54) is 5.56 Å². The van der Waals surface area contributed by atoms with Gasteiger partial charge in [-0.2, -0.15) is 10.4 Å². The molecule has 2 aromatic heterocycles. The highest BCUT2D eigenvalue weighted by molar-refractivity contribution is 5.94. The monoisotopic (exact) mass is 415 g/mol. The van der Waals surface area contributed by atoms with Crippen molar-refractivity contribution in [3.05, 3.63) is 52.8 Å². The van der Waals surface area contributed by atoms with Crippen LogP contribution in [0.4, 0.5) is 11.6 Å². The number of fused-ring (bicyclic) bond motifs is 1. The van der Waals surface area contributed by atoms with Crippen LogP contribution >= 0.6 is 0 Å². The van der Waals surface area contributed by atoms with E-state index in [1.807, 2.05) is 32.2 Å². The predicted molar refractivity (Wildman–Crippen MR) is 124 cm³/mol. The van der Waals surface area contributed by atoms with Crippen LogP contribution in [0.25, 0.3) is 10.8 Å². The van der Waals surface area contributed by atoms with Gasteiger partial charge in [-0.15, -0.1) is 5.10 Å². The molecule has 1 aliphatic heterocycles. The Bertz CT molecular complexity index is 1110. The van der Waals surface area contributed by atoms with E-state index in [9.17, 15) is 5.26 Å². The molecule has 160 valence electrons. The van der Waals surface area contributed by atoms with Gasteiger partial charge in [0.2, 0.25) is 0 Å². The molecule has 0 amide bonds. The van der Waals surface area contributed by atoms with E-state index in [2.05, 4.69) is 50.4 Å². The van der Waals surface area contributed by atoms with Gasteiger partial charge in [0, 0.05) is 49.7 Å². The first-order chi connectivity index (χ1) is 15.1. The largest absolute Gasteiger partial charge is 0.368 e. The van der Waals surface area contributed by atoms with Gasteiger partial charge in [-0.05, 0) is 50.1 Å². The van der Waals surface area contributed by atoms with E-state index in [0.29, 0.717) is 0 Å². The van der Waals surface area contributed by atoms with Gasteiger partial charge in [0.05, 0.1) is 17.3 Å². The highest BCUT2D eigenvalue weighted by Gasteiger charge is 2.18. The van der Waals surface area contributed by atoms with Gasteiger partial charge >= 0.3 is 0 Å². The summed E-state index contributed by atoms with van der Waals surface area (Å²) in [5.41, 5.74) is 3.83. The first-order valence-corrected chi connectivity index (χ1v) is 10.9. The normalized spacial score (nSPS) is 14.6. The number of nitrogens with zero attached hydrogens (tertiary/aromatic N) is 6. The summed E-state index contributed by atoms with van der Waals surface area (Å²) >= 11 is 0. The van der Waals surface area contributed by atoms with Crippen LogP contribution in [0.1, 0.15) is 29.3 Å². The van der Waals surface area contributed by atoms with Crippen molar-refractivity contribution < 1.29 is 0 Å². The van der Waals surface area contributed by atoms with Crippen LogP contribution in [0.15, 0.2) is 30.5 Å². The van der Waals surface area contributed by atoms with Crippen molar-refractivity contribution in [2.75, 3.05) is 49.5 Å². The molecule has 7 heteroatoms. The van der Waals surface area contributed by atoms with Crippen molar-refractivity contribution in [3.8, 4) is 6.07 Å². The van der Waals surface area contributed by atoms with E-state index in [-0.39, 0.29) is 0 Å². The standard InChI is InChI=1S/C24H29N7/c1-4-30-10-12-31(13-11-30)23-14-21-22(16-27-23)18(3)28-29-24(21)26-9-8-19-6-5-7-20(15-25)17(19)2/h5-7,14,16H,4,8-13H2,1-3H3,(H,26,29). The summed E-state index contributed by atoms with van der Waals surface area (Å²) in [6, 6.07) is 10.3. The third-order valence-electron chi connectivity index (χ3n) is 6.23. The van der Waals surface area contributed by atoms with Crippen molar-refractivity contribution in [1.29, 1.82) is 5.26 Å². The smallest absolute Gasteiger partial charge is 0.156 e. The number of aryl methyl sites for hydroxylation is 1. The summed E-state index contributed by atoms with van der Waals surface area (Å²) in [4.78, 5) is 9.53. The third-order valence-corrected chi connectivity index (χ3v) is 6.23. The topological polar surface area (TPSA) is 81.0 Å². The molecule has 31 heavy (non-hydrogen) atoms. The molecule has 3 aromatic rings. The van der Waals surface area contributed by atoms with Gasteiger partial charge < -0.3 is 15.1 Å². The minimum atomic E-state index is 0.718.